The van der Waals surface area contributed by atoms with Crippen LogP contribution in [0, 0.1) is 0 Å². The number of rotatable bonds is 4. The van der Waals surface area contributed by atoms with Crippen LogP contribution in [0.4, 0.5) is 0 Å². The van der Waals surface area contributed by atoms with Crippen LogP contribution in [-0.4, -0.2) is 23.0 Å². The number of hydrogen-bond donors (Lipinski definition) is 2. The van der Waals surface area contributed by atoms with Crippen molar-refractivity contribution in [3.8, 4) is 5.75 Å². The van der Waals surface area contributed by atoms with Gasteiger partial charge in [-0.3, -0.25) is 4.79 Å². The second-order valence-corrected chi connectivity index (χ2v) is 8.47. The normalized spacial score (nSPS) is 21.1. The molecule has 2 aromatic rings. The number of carbonyl (C=O) groups is 2. The second-order valence-electron chi connectivity index (χ2n) is 8.47. The molecule has 1 aliphatic carbocycles. The summed E-state index contributed by atoms with van der Waals surface area (Å²) >= 11 is 0. The van der Waals surface area contributed by atoms with Crippen molar-refractivity contribution in [3.05, 3.63) is 88.3 Å². The van der Waals surface area contributed by atoms with Gasteiger partial charge in [0.25, 0.3) is 0 Å². The van der Waals surface area contributed by atoms with E-state index in [9.17, 15) is 14.7 Å². The minimum atomic E-state index is -0.521. The summed E-state index contributed by atoms with van der Waals surface area (Å²) in [7, 11) is 0. The third kappa shape index (κ3) is 4.13. The SMILES string of the molecule is CC1=C(C(=O)OC(C)C)[C@@H](c2ccc(O)cc2)C2=C(C[C@H](c3ccccc3)CC2=O)N1. The highest BCUT2D eigenvalue weighted by molar-refractivity contribution is 6.04. The standard InChI is InChI=1S/C26H27NO4/c1-15(2)31-26(30)23-16(3)27-21-13-19(17-7-5-4-6-8-17)14-22(29)25(21)24(23)18-9-11-20(28)12-10-18/h4-12,15,19,24,27-28H,13-14H2,1-3H3/t19-,24+/m0/s1. The van der Waals surface area contributed by atoms with Gasteiger partial charge in [0.2, 0.25) is 0 Å². The molecule has 2 aliphatic rings. The van der Waals surface area contributed by atoms with Gasteiger partial charge in [-0.05, 0) is 56.4 Å². The predicted octanol–water partition coefficient (Wildman–Crippen LogP) is 4.71. The van der Waals surface area contributed by atoms with Gasteiger partial charge in [0, 0.05) is 29.3 Å². The Kier molecular flexibility index (Phi) is 5.68. The zero-order valence-corrected chi connectivity index (χ0v) is 18.0. The molecule has 0 saturated carbocycles. The summed E-state index contributed by atoms with van der Waals surface area (Å²) in [5.41, 5.74) is 4.56. The lowest BCUT2D eigenvalue weighted by atomic mass is 9.71. The van der Waals surface area contributed by atoms with Gasteiger partial charge >= 0.3 is 5.97 Å². The Hall–Kier alpha value is -3.34. The fourth-order valence-corrected chi connectivity index (χ4v) is 4.55. The molecule has 1 heterocycles. The lowest BCUT2D eigenvalue weighted by molar-refractivity contribution is -0.143. The number of esters is 1. The van der Waals surface area contributed by atoms with E-state index in [4.69, 9.17) is 4.74 Å². The summed E-state index contributed by atoms with van der Waals surface area (Å²) in [6.45, 7) is 5.46. The van der Waals surface area contributed by atoms with Crippen molar-refractivity contribution in [1.29, 1.82) is 0 Å². The number of phenolic OH excluding ortho intramolecular Hbond substituents is 1. The quantitative estimate of drug-likeness (QED) is 0.705. The minimum absolute atomic E-state index is 0.0306. The first-order valence-electron chi connectivity index (χ1n) is 10.6. The Morgan fingerprint density at radius 3 is 2.35 bits per heavy atom. The molecule has 0 fully saturated rings. The van der Waals surface area contributed by atoms with E-state index in [2.05, 4.69) is 17.4 Å². The molecular weight excluding hydrogens is 390 g/mol. The Bertz CT molecular complexity index is 1060. The molecule has 2 atom stereocenters. The molecule has 5 heteroatoms. The highest BCUT2D eigenvalue weighted by atomic mass is 16.5. The second kappa shape index (κ2) is 8.42. The summed E-state index contributed by atoms with van der Waals surface area (Å²) in [5.74, 6) is -0.687. The fourth-order valence-electron chi connectivity index (χ4n) is 4.55. The van der Waals surface area contributed by atoms with E-state index < -0.39 is 11.9 Å². The maximum Gasteiger partial charge on any atom is 0.337 e. The Morgan fingerprint density at radius 2 is 1.71 bits per heavy atom. The van der Waals surface area contributed by atoms with Crippen molar-refractivity contribution in [2.45, 2.75) is 51.6 Å². The molecule has 0 spiro atoms. The molecule has 160 valence electrons. The number of ether oxygens (including phenoxy) is 1. The summed E-state index contributed by atoms with van der Waals surface area (Å²) < 4.78 is 5.52. The number of phenols is 1. The Morgan fingerprint density at radius 1 is 1.03 bits per heavy atom. The van der Waals surface area contributed by atoms with Crippen molar-refractivity contribution in [1.82, 2.24) is 5.32 Å². The molecule has 0 saturated heterocycles. The van der Waals surface area contributed by atoms with Gasteiger partial charge in [0.1, 0.15) is 5.75 Å². The molecule has 4 rings (SSSR count). The lowest BCUT2D eigenvalue weighted by Gasteiger charge is -2.37. The van der Waals surface area contributed by atoms with Crippen molar-refractivity contribution in [2.24, 2.45) is 0 Å². The highest BCUT2D eigenvalue weighted by Gasteiger charge is 2.41. The smallest absolute Gasteiger partial charge is 0.337 e. The van der Waals surface area contributed by atoms with E-state index in [1.165, 1.54) is 0 Å². The number of allylic oxidation sites excluding steroid dienone is 3. The minimum Gasteiger partial charge on any atom is -0.508 e. The average molecular weight is 418 g/mol. The van der Waals surface area contributed by atoms with Gasteiger partial charge in [-0.2, -0.15) is 0 Å². The highest BCUT2D eigenvalue weighted by Crippen LogP contribution is 2.45. The van der Waals surface area contributed by atoms with Crippen molar-refractivity contribution >= 4 is 11.8 Å². The van der Waals surface area contributed by atoms with Gasteiger partial charge in [-0.1, -0.05) is 42.5 Å². The monoisotopic (exact) mass is 417 g/mol. The maximum atomic E-state index is 13.4. The summed E-state index contributed by atoms with van der Waals surface area (Å²) in [6.07, 6.45) is 0.821. The molecule has 1 aliphatic heterocycles. The zero-order valence-electron chi connectivity index (χ0n) is 18.0. The number of nitrogens with one attached hydrogen (secondary N) is 1. The van der Waals surface area contributed by atoms with Crippen LogP contribution in [-0.2, 0) is 14.3 Å². The number of benzene rings is 2. The number of ketones is 1. The Balaban J connectivity index is 1.79. The van der Waals surface area contributed by atoms with E-state index in [0.29, 0.717) is 29.7 Å². The number of carbonyl (C=O) groups excluding carboxylic acids is 2. The molecule has 0 aromatic heterocycles. The average Bonchev–Trinajstić information content (AvgIpc) is 2.73. The third-order valence-corrected chi connectivity index (χ3v) is 5.89. The van der Waals surface area contributed by atoms with E-state index >= 15 is 0 Å². The molecule has 5 nitrogen and oxygen atoms in total. The molecule has 2 aromatic carbocycles. The van der Waals surface area contributed by atoms with Crippen LogP contribution in [0.15, 0.2) is 77.1 Å². The van der Waals surface area contributed by atoms with Crippen molar-refractivity contribution in [3.63, 3.8) is 0 Å². The van der Waals surface area contributed by atoms with Crippen LogP contribution in [0.2, 0.25) is 0 Å². The van der Waals surface area contributed by atoms with E-state index in [1.807, 2.05) is 25.1 Å². The number of hydrogen-bond acceptors (Lipinski definition) is 5. The van der Waals surface area contributed by atoms with Gasteiger partial charge < -0.3 is 15.2 Å². The molecule has 2 N–H and O–H groups in total. The predicted molar refractivity (Wildman–Crippen MR) is 118 cm³/mol. The van der Waals surface area contributed by atoms with Crippen LogP contribution in [0.1, 0.15) is 56.6 Å². The summed E-state index contributed by atoms with van der Waals surface area (Å²) in [6, 6.07) is 16.8. The lowest BCUT2D eigenvalue weighted by Crippen LogP contribution is -2.36. The topological polar surface area (TPSA) is 75.6 Å². The largest absolute Gasteiger partial charge is 0.508 e. The Labute approximate surface area is 182 Å². The number of Topliss-reactive ketones (excluding diaryl/α,β-unsaturated/α-hetero) is 1. The van der Waals surface area contributed by atoms with Gasteiger partial charge in [-0.25, -0.2) is 4.79 Å². The van der Waals surface area contributed by atoms with Crippen LogP contribution in [0.5, 0.6) is 5.75 Å². The van der Waals surface area contributed by atoms with Gasteiger partial charge in [0.15, 0.2) is 5.78 Å². The zero-order chi connectivity index (χ0) is 22.1. The first-order chi connectivity index (χ1) is 14.8. The van der Waals surface area contributed by atoms with E-state index in [1.54, 1.807) is 38.1 Å². The molecule has 0 unspecified atom stereocenters. The van der Waals surface area contributed by atoms with Crippen LogP contribution >= 0.6 is 0 Å². The number of dihydropyridines is 1. The van der Waals surface area contributed by atoms with Crippen LogP contribution < -0.4 is 5.32 Å². The summed E-state index contributed by atoms with van der Waals surface area (Å²) in [5, 5.41) is 13.1. The third-order valence-electron chi connectivity index (χ3n) is 5.89. The molecule has 0 bridgehead atoms. The van der Waals surface area contributed by atoms with E-state index in [-0.39, 0.29) is 23.6 Å². The maximum absolute atomic E-state index is 13.4. The van der Waals surface area contributed by atoms with Gasteiger partial charge in [-0.15, -0.1) is 0 Å². The molecule has 0 amide bonds. The summed E-state index contributed by atoms with van der Waals surface area (Å²) in [4.78, 5) is 26.5. The van der Waals surface area contributed by atoms with Crippen molar-refractivity contribution in [2.75, 3.05) is 0 Å². The van der Waals surface area contributed by atoms with Crippen molar-refractivity contribution < 1.29 is 19.4 Å². The number of aromatic hydroxyl groups is 1. The first-order valence-corrected chi connectivity index (χ1v) is 10.6. The first kappa shape index (κ1) is 20.9. The molecule has 0 radical (unpaired) electrons. The fraction of sp³-hybridized carbons (Fsp3) is 0.308. The van der Waals surface area contributed by atoms with Crippen LogP contribution in [0.3, 0.4) is 0 Å². The van der Waals surface area contributed by atoms with Gasteiger partial charge in [0.05, 0.1) is 11.7 Å². The van der Waals surface area contributed by atoms with Crippen LogP contribution in [0.25, 0.3) is 0 Å². The molecule has 31 heavy (non-hydrogen) atoms. The van der Waals surface area contributed by atoms with E-state index in [0.717, 1.165) is 16.8 Å². The molecular formula is C26H27NO4.